The van der Waals surface area contributed by atoms with Crippen LogP contribution in [-0.2, 0) is 4.74 Å². The van der Waals surface area contributed by atoms with Crippen LogP contribution < -0.4 is 10.5 Å². The van der Waals surface area contributed by atoms with E-state index >= 15 is 0 Å². The molecule has 0 aliphatic carbocycles. The highest BCUT2D eigenvalue weighted by molar-refractivity contribution is 5.45. The molecular formula is C8H9N3O4. The lowest BCUT2D eigenvalue weighted by atomic mass is 10.3. The molecule has 0 saturated carbocycles. The summed E-state index contributed by atoms with van der Waals surface area (Å²) in [7, 11) is 0. The molecule has 0 spiro atoms. The zero-order chi connectivity index (χ0) is 10.8. The summed E-state index contributed by atoms with van der Waals surface area (Å²) < 4.78 is 10.2. The van der Waals surface area contributed by atoms with Crippen molar-refractivity contribution in [2.45, 2.75) is 6.10 Å². The Morgan fingerprint density at radius 3 is 2.87 bits per heavy atom. The first-order valence-corrected chi connectivity index (χ1v) is 4.31. The summed E-state index contributed by atoms with van der Waals surface area (Å²) >= 11 is 0. The van der Waals surface area contributed by atoms with Crippen molar-refractivity contribution in [2.24, 2.45) is 0 Å². The number of pyridine rings is 1. The molecule has 0 amide bonds. The number of ether oxygens (including phenoxy) is 2. The molecule has 0 bridgehead atoms. The third kappa shape index (κ3) is 2.13. The maximum absolute atomic E-state index is 10.5. The standard InChI is InChI=1S/C8H9N3O4/c9-7-1-5(11(12)13)2-8(10-7)15-6-3-14-4-6/h1-2,6H,3-4H2,(H2,9,10). The molecule has 2 N–H and O–H groups in total. The van der Waals surface area contributed by atoms with Crippen molar-refractivity contribution in [3.63, 3.8) is 0 Å². The zero-order valence-corrected chi connectivity index (χ0v) is 7.75. The molecule has 1 aliphatic heterocycles. The van der Waals surface area contributed by atoms with E-state index in [0.717, 1.165) is 0 Å². The van der Waals surface area contributed by atoms with E-state index in [1.807, 2.05) is 0 Å². The van der Waals surface area contributed by atoms with Crippen LogP contribution in [0.25, 0.3) is 0 Å². The summed E-state index contributed by atoms with van der Waals surface area (Å²) in [5.41, 5.74) is 5.28. The summed E-state index contributed by atoms with van der Waals surface area (Å²) in [6.45, 7) is 0.953. The van der Waals surface area contributed by atoms with E-state index in [9.17, 15) is 10.1 Å². The summed E-state index contributed by atoms with van der Waals surface area (Å²) in [5.74, 6) is 0.231. The lowest BCUT2D eigenvalue weighted by Crippen LogP contribution is -2.38. The predicted octanol–water partition coefficient (Wildman–Crippen LogP) is 0.350. The monoisotopic (exact) mass is 211 g/mol. The second kappa shape index (κ2) is 3.70. The summed E-state index contributed by atoms with van der Waals surface area (Å²) in [5, 5.41) is 10.5. The molecule has 0 radical (unpaired) electrons. The molecule has 0 aromatic carbocycles. The average molecular weight is 211 g/mol. The van der Waals surface area contributed by atoms with Gasteiger partial charge in [-0.05, 0) is 0 Å². The minimum atomic E-state index is -0.540. The molecule has 1 fully saturated rings. The normalized spacial score (nSPS) is 15.7. The number of rotatable bonds is 3. The van der Waals surface area contributed by atoms with Crippen molar-refractivity contribution in [3.8, 4) is 5.88 Å². The number of aromatic nitrogens is 1. The van der Waals surface area contributed by atoms with Crippen LogP contribution >= 0.6 is 0 Å². The summed E-state index contributed by atoms with van der Waals surface area (Å²) in [6, 6.07) is 2.43. The molecule has 7 heteroatoms. The van der Waals surface area contributed by atoms with Crippen LogP contribution in [0.2, 0.25) is 0 Å². The van der Waals surface area contributed by atoms with E-state index in [-0.39, 0.29) is 23.5 Å². The maximum Gasteiger partial charge on any atom is 0.278 e. The van der Waals surface area contributed by atoms with Crippen molar-refractivity contribution in [3.05, 3.63) is 22.2 Å². The van der Waals surface area contributed by atoms with E-state index in [1.54, 1.807) is 0 Å². The molecule has 1 aromatic heterocycles. The van der Waals surface area contributed by atoms with E-state index in [4.69, 9.17) is 15.2 Å². The number of nitrogen functional groups attached to an aromatic ring is 1. The van der Waals surface area contributed by atoms with E-state index < -0.39 is 4.92 Å². The van der Waals surface area contributed by atoms with Crippen molar-refractivity contribution in [2.75, 3.05) is 18.9 Å². The Kier molecular flexibility index (Phi) is 2.38. The number of hydrogen-bond acceptors (Lipinski definition) is 6. The van der Waals surface area contributed by atoms with Gasteiger partial charge < -0.3 is 15.2 Å². The number of nitrogens with zero attached hydrogens (tertiary/aromatic N) is 2. The van der Waals surface area contributed by atoms with Crippen LogP contribution in [0.1, 0.15) is 0 Å². The fourth-order valence-corrected chi connectivity index (χ4v) is 1.13. The van der Waals surface area contributed by atoms with Crippen LogP contribution in [-0.4, -0.2) is 29.2 Å². The Bertz CT molecular complexity index is 391. The van der Waals surface area contributed by atoms with Crippen LogP contribution in [0.3, 0.4) is 0 Å². The van der Waals surface area contributed by atoms with Gasteiger partial charge in [0.15, 0.2) is 0 Å². The predicted molar refractivity (Wildman–Crippen MR) is 50.5 cm³/mol. The Balaban J connectivity index is 2.18. The Hall–Kier alpha value is -1.89. The fraction of sp³-hybridized carbons (Fsp3) is 0.375. The highest BCUT2D eigenvalue weighted by atomic mass is 16.6. The van der Waals surface area contributed by atoms with Gasteiger partial charge in [0.25, 0.3) is 5.69 Å². The SMILES string of the molecule is Nc1cc([N+](=O)[O-])cc(OC2COC2)n1. The van der Waals surface area contributed by atoms with E-state index in [0.29, 0.717) is 13.2 Å². The number of anilines is 1. The largest absolute Gasteiger partial charge is 0.469 e. The van der Waals surface area contributed by atoms with Gasteiger partial charge in [-0.2, -0.15) is 4.98 Å². The molecule has 1 saturated heterocycles. The summed E-state index contributed by atoms with van der Waals surface area (Å²) in [6.07, 6.45) is -0.0843. The third-order valence-corrected chi connectivity index (χ3v) is 1.91. The first-order valence-electron chi connectivity index (χ1n) is 4.31. The Labute approximate surface area is 85.0 Å². The summed E-state index contributed by atoms with van der Waals surface area (Å²) in [4.78, 5) is 13.8. The molecule has 2 heterocycles. The molecule has 7 nitrogen and oxygen atoms in total. The van der Waals surface area contributed by atoms with Crippen LogP contribution in [0.4, 0.5) is 11.5 Å². The minimum absolute atomic E-state index is 0.0689. The number of nitro groups is 1. The van der Waals surface area contributed by atoms with Crippen molar-refractivity contribution in [1.29, 1.82) is 0 Å². The first kappa shape index (κ1) is 9.66. The number of nitrogens with two attached hydrogens (primary N) is 1. The van der Waals surface area contributed by atoms with Crippen molar-refractivity contribution in [1.82, 2.24) is 4.98 Å². The first-order chi connectivity index (χ1) is 7.15. The third-order valence-electron chi connectivity index (χ3n) is 1.91. The van der Waals surface area contributed by atoms with Crippen LogP contribution in [0, 0.1) is 10.1 Å². The van der Waals surface area contributed by atoms with Gasteiger partial charge in [-0.15, -0.1) is 0 Å². The van der Waals surface area contributed by atoms with Gasteiger partial charge in [0.05, 0.1) is 30.3 Å². The fourth-order valence-electron chi connectivity index (χ4n) is 1.13. The van der Waals surface area contributed by atoms with Gasteiger partial charge >= 0.3 is 0 Å². The molecule has 0 atom stereocenters. The van der Waals surface area contributed by atoms with Crippen molar-refractivity contribution >= 4 is 11.5 Å². The van der Waals surface area contributed by atoms with Gasteiger partial charge in [-0.25, -0.2) is 0 Å². The second-order valence-electron chi connectivity index (χ2n) is 3.12. The van der Waals surface area contributed by atoms with Gasteiger partial charge in [0, 0.05) is 0 Å². The Morgan fingerprint density at radius 1 is 1.60 bits per heavy atom. The topological polar surface area (TPSA) is 101 Å². The highest BCUT2D eigenvalue weighted by Crippen LogP contribution is 2.22. The molecular weight excluding hydrogens is 202 g/mol. The highest BCUT2D eigenvalue weighted by Gasteiger charge is 2.22. The van der Waals surface area contributed by atoms with Crippen molar-refractivity contribution < 1.29 is 14.4 Å². The lowest BCUT2D eigenvalue weighted by Gasteiger charge is -2.25. The molecule has 1 aromatic rings. The molecule has 1 aliphatic rings. The Morgan fingerprint density at radius 2 is 2.33 bits per heavy atom. The lowest BCUT2D eigenvalue weighted by molar-refractivity contribution is -0.385. The molecule has 2 rings (SSSR count). The zero-order valence-electron chi connectivity index (χ0n) is 7.75. The van der Waals surface area contributed by atoms with Gasteiger partial charge in [0.1, 0.15) is 11.9 Å². The van der Waals surface area contributed by atoms with Gasteiger partial charge in [-0.3, -0.25) is 10.1 Å². The van der Waals surface area contributed by atoms with Gasteiger partial charge in [-0.1, -0.05) is 0 Å². The van der Waals surface area contributed by atoms with E-state index in [2.05, 4.69) is 4.98 Å². The van der Waals surface area contributed by atoms with Crippen LogP contribution in [0.15, 0.2) is 12.1 Å². The quantitative estimate of drug-likeness (QED) is 0.571. The molecule has 0 unspecified atom stereocenters. The van der Waals surface area contributed by atoms with Gasteiger partial charge in [0.2, 0.25) is 5.88 Å². The second-order valence-corrected chi connectivity index (χ2v) is 3.12. The molecule has 15 heavy (non-hydrogen) atoms. The van der Waals surface area contributed by atoms with E-state index in [1.165, 1.54) is 12.1 Å². The van der Waals surface area contributed by atoms with Crippen LogP contribution in [0.5, 0.6) is 5.88 Å². The molecule has 80 valence electrons. The maximum atomic E-state index is 10.5. The smallest absolute Gasteiger partial charge is 0.278 e. The number of hydrogen-bond donors (Lipinski definition) is 1. The average Bonchev–Trinajstić information content (AvgIpc) is 2.10. The minimum Gasteiger partial charge on any atom is -0.469 e.